The zero-order chi connectivity index (χ0) is 11.3. The first kappa shape index (κ1) is 11.5. The largest absolute Gasteiger partial charge is 0.508 e. The van der Waals surface area contributed by atoms with Gasteiger partial charge in [-0.05, 0) is 17.7 Å². The lowest BCUT2D eigenvalue weighted by Gasteiger charge is -2.12. The number of ether oxygens (including phenoxy) is 2. The number of esters is 1. The van der Waals surface area contributed by atoms with Gasteiger partial charge < -0.3 is 14.6 Å². The Morgan fingerprint density at radius 1 is 1.33 bits per heavy atom. The Morgan fingerprint density at radius 3 is 2.40 bits per heavy atom. The number of methoxy groups -OCH3 is 2. The van der Waals surface area contributed by atoms with Crippen LogP contribution in [-0.2, 0) is 20.7 Å². The van der Waals surface area contributed by atoms with Crippen molar-refractivity contribution in [3.05, 3.63) is 29.8 Å². The molecular weight excluding hydrogens is 196 g/mol. The van der Waals surface area contributed by atoms with E-state index in [9.17, 15) is 4.79 Å². The van der Waals surface area contributed by atoms with E-state index in [1.54, 1.807) is 24.3 Å². The van der Waals surface area contributed by atoms with E-state index in [1.165, 1.54) is 14.2 Å². The van der Waals surface area contributed by atoms with Gasteiger partial charge in [0.05, 0.1) is 7.11 Å². The fraction of sp³-hybridized carbons (Fsp3) is 0.364. The summed E-state index contributed by atoms with van der Waals surface area (Å²) >= 11 is 0. The Morgan fingerprint density at radius 2 is 1.93 bits per heavy atom. The summed E-state index contributed by atoms with van der Waals surface area (Å²) in [5.41, 5.74) is 0.907. The summed E-state index contributed by atoms with van der Waals surface area (Å²) in [6.45, 7) is 0. The second-order valence-electron chi connectivity index (χ2n) is 3.12. The van der Waals surface area contributed by atoms with Gasteiger partial charge in [-0.3, -0.25) is 0 Å². The van der Waals surface area contributed by atoms with Crippen molar-refractivity contribution in [3.8, 4) is 5.75 Å². The Kier molecular flexibility index (Phi) is 4.12. The molecule has 0 saturated heterocycles. The molecule has 0 heterocycles. The van der Waals surface area contributed by atoms with E-state index >= 15 is 0 Å². The number of phenolic OH excluding ortho intramolecular Hbond substituents is 1. The van der Waals surface area contributed by atoms with Gasteiger partial charge in [0, 0.05) is 13.5 Å². The van der Waals surface area contributed by atoms with Gasteiger partial charge >= 0.3 is 5.97 Å². The molecule has 0 bridgehead atoms. The number of benzene rings is 1. The summed E-state index contributed by atoms with van der Waals surface area (Å²) in [4.78, 5) is 11.2. The van der Waals surface area contributed by atoms with Crippen molar-refractivity contribution in [2.75, 3.05) is 14.2 Å². The highest BCUT2D eigenvalue weighted by atomic mass is 16.6. The zero-order valence-corrected chi connectivity index (χ0v) is 8.77. The van der Waals surface area contributed by atoms with E-state index in [1.807, 2.05) is 0 Å². The maximum Gasteiger partial charge on any atom is 0.335 e. The number of carbonyl (C=O) groups excluding carboxylic acids is 1. The van der Waals surface area contributed by atoms with Crippen LogP contribution in [0.1, 0.15) is 5.56 Å². The minimum atomic E-state index is -0.598. The van der Waals surface area contributed by atoms with Gasteiger partial charge in [-0.15, -0.1) is 0 Å². The number of hydrogen-bond acceptors (Lipinski definition) is 4. The van der Waals surface area contributed by atoms with Crippen LogP contribution >= 0.6 is 0 Å². The molecular formula is C11H14O4. The molecule has 0 spiro atoms. The SMILES string of the molecule is COC(=O)[C@@H](Cc1ccc(O)cc1)OC. The van der Waals surface area contributed by atoms with Crippen molar-refractivity contribution in [1.82, 2.24) is 0 Å². The van der Waals surface area contributed by atoms with Crippen LogP contribution in [0.5, 0.6) is 5.75 Å². The van der Waals surface area contributed by atoms with Crippen LogP contribution in [0.4, 0.5) is 0 Å². The molecule has 0 amide bonds. The predicted molar refractivity (Wildman–Crippen MR) is 54.6 cm³/mol. The first-order chi connectivity index (χ1) is 7.17. The van der Waals surface area contributed by atoms with Crippen LogP contribution < -0.4 is 0 Å². The summed E-state index contributed by atoms with van der Waals surface area (Å²) in [6.07, 6.45) is -0.164. The van der Waals surface area contributed by atoms with Crippen molar-refractivity contribution < 1.29 is 19.4 Å². The van der Waals surface area contributed by atoms with Crippen LogP contribution in [0.2, 0.25) is 0 Å². The fourth-order valence-corrected chi connectivity index (χ4v) is 1.24. The summed E-state index contributed by atoms with van der Waals surface area (Å²) in [5, 5.41) is 9.08. The fourth-order valence-electron chi connectivity index (χ4n) is 1.24. The van der Waals surface area contributed by atoms with Crippen LogP contribution in [0, 0.1) is 0 Å². The molecule has 0 fully saturated rings. The monoisotopic (exact) mass is 210 g/mol. The van der Waals surface area contributed by atoms with Crippen molar-refractivity contribution >= 4 is 5.97 Å². The highest BCUT2D eigenvalue weighted by Gasteiger charge is 2.18. The highest BCUT2D eigenvalue weighted by Crippen LogP contribution is 2.12. The van der Waals surface area contributed by atoms with Gasteiger partial charge in [0.1, 0.15) is 5.75 Å². The van der Waals surface area contributed by atoms with Crippen LogP contribution in [0.15, 0.2) is 24.3 Å². The Hall–Kier alpha value is -1.55. The topological polar surface area (TPSA) is 55.8 Å². The average Bonchev–Trinajstić information content (AvgIpc) is 2.27. The second-order valence-corrected chi connectivity index (χ2v) is 3.12. The summed E-state index contributed by atoms with van der Waals surface area (Å²) < 4.78 is 9.59. The molecule has 0 aliphatic heterocycles. The molecule has 1 N–H and O–H groups in total. The van der Waals surface area contributed by atoms with Gasteiger partial charge in [0.2, 0.25) is 0 Å². The Bertz CT molecular complexity index is 318. The third kappa shape index (κ3) is 3.25. The van der Waals surface area contributed by atoms with E-state index in [0.29, 0.717) is 6.42 Å². The molecule has 4 heteroatoms. The first-order valence-electron chi connectivity index (χ1n) is 4.56. The van der Waals surface area contributed by atoms with Gasteiger partial charge in [-0.1, -0.05) is 12.1 Å². The number of phenols is 1. The summed E-state index contributed by atoms with van der Waals surface area (Å²) in [7, 11) is 2.78. The van der Waals surface area contributed by atoms with Crippen molar-refractivity contribution in [2.45, 2.75) is 12.5 Å². The third-order valence-corrected chi connectivity index (χ3v) is 2.11. The minimum absolute atomic E-state index is 0.200. The Balaban J connectivity index is 2.66. The standard InChI is InChI=1S/C11H14O4/c1-14-10(11(13)15-2)7-8-3-5-9(12)6-4-8/h3-6,10,12H,7H2,1-2H3/t10-/m1/s1. The van der Waals surface area contributed by atoms with E-state index in [2.05, 4.69) is 4.74 Å². The molecule has 1 aromatic carbocycles. The molecule has 1 aromatic rings. The average molecular weight is 210 g/mol. The normalized spacial score (nSPS) is 12.1. The maximum absolute atomic E-state index is 11.2. The van der Waals surface area contributed by atoms with E-state index in [-0.39, 0.29) is 5.75 Å². The summed E-state index contributed by atoms with van der Waals surface area (Å²) in [5.74, 6) is -0.198. The minimum Gasteiger partial charge on any atom is -0.508 e. The van der Waals surface area contributed by atoms with Gasteiger partial charge in [-0.2, -0.15) is 0 Å². The predicted octanol–water partition coefficient (Wildman–Crippen LogP) is 1.12. The van der Waals surface area contributed by atoms with Gasteiger partial charge in [0.25, 0.3) is 0 Å². The summed E-state index contributed by atoms with van der Waals surface area (Å²) in [6, 6.07) is 6.62. The second kappa shape index (κ2) is 5.36. The molecule has 0 saturated carbocycles. The molecule has 0 aliphatic rings. The van der Waals surface area contributed by atoms with Crippen LogP contribution in [-0.4, -0.2) is 31.4 Å². The number of hydrogen-bond donors (Lipinski definition) is 1. The lowest BCUT2D eigenvalue weighted by Crippen LogP contribution is -2.26. The first-order valence-corrected chi connectivity index (χ1v) is 4.56. The van der Waals surface area contributed by atoms with Gasteiger partial charge in [-0.25, -0.2) is 4.79 Å². The smallest absolute Gasteiger partial charge is 0.335 e. The third-order valence-electron chi connectivity index (χ3n) is 2.11. The zero-order valence-electron chi connectivity index (χ0n) is 8.77. The molecule has 0 aliphatic carbocycles. The van der Waals surface area contributed by atoms with E-state index in [4.69, 9.17) is 9.84 Å². The number of rotatable bonds is 4. The van der Waals surface area contributed by atoms with Crippen molar-refractivity contribution in [2.24, 2.45) is 0 Å². The van der Waals surface area contributed by atoms with Gasteiger partial charge in [0.15, 0.2) is 6.10 Å². The molecule has 0 unspecified atom stereocenters. The van der Waals surface area contributed by atoms with Crippen molar-refractivity contribution in [3.63, 3.8) is 0 Å². The molecule has 1 atom stereocenters. The lowest BCUT2D eigenvalue weighted by atomic mass is 10.1. The highest BCUT2D eigenvalue weighted by molar-refractivity contribution is 5.74. The van der Waals surface area contributed by atoms with Crippen molar-refractivity contribution in [1.29, 1.82) is 0 Å². The molecule has 1 rings (SSSR count). The van der Waals surface area contributed by atoms with Crippen LogP contribution in [0.25, 0.3) is 0 Å². The molecule has 4 nitrogen and oxygen atoms in total. The van der Waals surface area contributed by atoms with Crippen LogP contribution in [0.3, 0.4) is 0 Å². The molecule has 82 valence electrons. The lowest BCUT2D eigenvalue weighted by molar-refractivity contribution is -0.152. The molecule has 15 heavy (non-hydrogen) atoms. The molecule has 0 radical (unpaired) electrons. The van der Waals surface area contributed by atoms with E-state index in [0.717, 1.165) is 5.56 Å². The number of aromatic hydroxyl groups is 1. The number of carbonyl (C=O) groups is 1. The molecule has 0 aromatic heterocycles. The Labute approximate surface area is 88.4 Å². The quantitative estimate of drug-likeness (QED) is 0.757. The maximum atomic E-state index is 11.2. The van der Waals surface area contributed by atoms with E-state index < -0.39 is 12.1 Å².